The normalized spacial score (nSPS) is 11.6. The first-order chi connectivity index (χ1) is 15.8. The summed E-state index contributed by atoms with van der Waals surface area (Å²) >= 11 is 1.44. The highest BCUT2D eigenvalue weighted by Gasteiger charge is 2.28. The van der Waals surface area contributed by atoms with Crippen molar-refractivity contribution < 1.29 is 14.5 Å². The van der Waals surface area contributed by atoms with Crippen LogP contribution < -0.4 is 5.32 Å². The first-order valence-electron chi connectivity index (χ1n) is 11.3. The largest absolute Gasteiger partial charge is 0.354 e. The molecule has 0 aromatic heterocycles. The van der Waals surface area contributed by atoms with Crippen LogP contribution in [0.5, 0.6) is 0 Å². The summed E-state index contributed by atoms with van der Waals surface area (Å²) in [5, 5.41) is 13.8. The zero-order valence-corrected chi connectivity index (χ0v) is 20.4. The van der Waals surface area contributed by atoms with E-state index in [1.165, 1.54) is 23.9 Å². The van der Waals surface area contributed by atoms with Gasteiger partial charge < -0.3 is 10.2 Å². The van der Waals surface area contributed by atoms with Crippen LogP contribution in [0.2, 0.25) is 0 Å². The van der Waals surface area contributed by atoms with Gasteiger partial charge in [-0.2, -0.15) is 0 Å². The number of aryl methyl sites for hydroxylation is 1. The van der Waals surface area contributed by atoms with E-state index in [0.717, 1.165) is 29.5 Å². The number of unbranched alkanes of at least 4 members (excludes halogenated alkanes) is 1. The number of nitrogens with one attached hydrogen (secondary N) is 1. The number of carbonyl (C=O) groups excluding carboxylic acids is 2. The van der Waals surface area contributed by atoms with Gasteiger partial charge in [-0.1, -0.05) is 62.2 Å². The van der Waals surface area contributed by atoms with Crippen LogP contribution in [0.3, 0.4) is 0 Å². The lowest BCUT2D eigenvalue weighted by Gasteiger charge is -2.30. The SMILES string of the molecule is CCCCNC(=O)C(CC)N(Cc1cccc(C)c1)C(=O)CSCc1ccc([N+](=O)[O-])cc1. The van der Waals surface area contributed by atoms with Crippen molar-refractivity contribution in [2.75, 3.05) is 12.3 Å². The van der Waals surface area contributed by atoms with Crippen LogP contribution in [-0.4, -0.2) is 40.0 Å². The second kappa shape index (κ2) is 13.6. The molecule has 0 heterocycles. The zero-order valence-electron chi connectivity index (χ0n) is 19.6. The van der Waals surface area contributed by atoms with Crippen LogP contribution in [0.1, 0.15) is 49.8 Å². The number of thioether (sulfide) groups is 1. The summed E-state index contributed by atoms with van der Waals surface area (Å²) in [6, 6.07) is 13.8. The lowest BCUT2D eigenvalue weighted by atomic mass is 10.1. The van der Waals surface area contributed by atoms with E-state index in [2.05, 4.69) is 12.2 Å². The third-order valence-corrected chi connectivity index (χ3v) is 6.28. The predicted molar refractivity (Wildman–Crippen MR) is 133 cm³/mol. The van der Waals surface area contributed by atoms with Gasteiger partial charge >= 0.3 is 0 Å². The molecule has 8 heteroatoms. The Bertz CT molecular complexity index is 934. The number of non-ortho nitro benzene ring substituents is 1. The highest BCUT2D eigenvalue weighted by atomic mass is 32.2. The monoisotopic (exact) mass is 471 g/mol. The average molecular weight is 472 g/mol. The molecule has 0 aliphatic heterocycles. The molecule has 0 saturated heterocycles. The maximum atomic E-state index is 13.2. The van der Waals surface area contributed by atoms with Gasteiger partial charge in [-0.25, -0.2) is 0 Å². The standard InChI is InChI=1S/C25H33N3O4S/c1-4-6-14-26-25(30)23(5-2)27(16-21-9-7-8-19(3)15-21)24(29)18-33-17-20-10-12-22(13-11-20)28(31)32/h7-13,15,23H,4-6,14,16-18H2,1-3H3,(H,26,30). The Labute approximate surface area is 200 Å². The minimum Gasteiger partial charge on any atom is -0.354 e. The van der Waals surface area contributed by atoms with Crippen molar-refractivity contribution in [3.8, 4) is 0 Å². The topological polar surface area (TPSA) is 92.6 Å². The molecule has 0 fully saturated rings. The summed E-state index contributed by atoms with van der Waals surface area (Å²) in [5.41, 5.74) is 3.05. The maximum absolute atomic E-state index is 13.2. The number of hydrogen-bond acceptors (Lipinski definition) is 5. The molecular weight excluding hydrogens is 438 g/mol. The van der Waals surface area contributed by atoms with Crippen LogP contribution >= 0.6 is 11.8 Å². The number of amides is 2. The number of nitro benzene ring substituents is 1. The molecule has 0 bridgehead atoms. The van der Waals surface area contributed by atoms with Crippen LogP contribution in [0.25, 0.3) is 0 Å². The zero-order chi connectivity index (χ0) is 24.2. The minimum atomic E-state index is -0.533. The van der Waals surface area contributed by atoms with E-state index in [4.69, 9.17) is 0 Å². The lowest BCUT2D eigenvalue weighted by Crippen LogP contribution is -2.49. The van der Waals surface area contributed by atoms with E-state index >= 15 is 0 Å². The molecule has 0 spiro atoms. The van der Waals surface area contributed by atoms with Crippen molar-refractivity contribution in [2.45, 2.75) is 58.4 Å². The molecule has 1 unspecified atom stereocenters. The Morgan fingerprint density at radius 3 is 2.45 bits per heavy atom. The van der Waals surface area contributed by atoms with E-state index in [9.17, 15) is 19.7 Å². The van der Waals surface area contributed by atoms with Gasteiger partial charge in [0.2, 0.25) is 11.8 Å². The second-order valence-electron chi connectivity index (χ2n) is 8.00. The average Bonchev–Trinajstić information content (AvgIpc) is 2.79. The highest BCUT2D eigenvalue weighted by Crippen LogP contribution is 2.19. The molecule has 178 valence electrons. The molecule has 2 amide bonds. The van der Waals surface area contributed by atoms with Crippen molar-refractivity contribution in [1.29, 1.82) is 0 Å². The van der Waals surface area contributed by atoms with Crippen LogP contribution in [0.4, 0.5) is 5.69 Å². The smallest absolute Gasteiger partial charge is 0.269 e. The molecule has 2 aromatic rings. The summed E-state index contributed by atoms with van der Waals surface area (Å²) in [6.07, 6.45) is 2.42. The summed E-state index contributed by atoms with van der Waals surface area (Å²) in [4.78, 5) is 38.2. The summed E-state index contributed by atoms with van der Waals surface area (Å²) in [7, 11) is 0. The molecule has 7 nitrogen and oxygen atoms in total. The van der Waals surface area contributed by atoms with Gasteiger partial charge in [0.15, 0.2) is 0 Å². The summed E-state index contributed by atoms with van der Waals surface area (Å²) < 4.78 is 0. The predicted octanol–water partition coefficient (Wildman–Crippen LogP) is 4.86. The third kappa shape index (κ3) is 8.53. The fourth-order valence-electron chi connectivity index (χ4n) is 3.49. The van der Waals surface area contributed by atoms with Crippen molar-refractivity contribution in [3.05, 3.63) is 75.3 Å². The molecule has 0 aliphatic rings. The fraction of sp³-hybridized carbons (Fsp3) is 0.440. The molecule has 33 heavy (non-hydrogen) atoms. The number of nitrogens with zero attached hydrogens (tertiary/aromatic N) is 2. The van der Waals surface area contributed by atoms with E-state index in [0.29, 0.717) is 25.3 Å². The Balaban J connectivity index is 2.08. The molecule has 1 N–H and O–H groups in total. The summed E-state index contributed by atoms with van der Waals surface area (Å²) in [6.45, 7) is 6.97. The third-order valence-electron chi connectivity index (χ3n) is 5.29. The quantitative estimate of drug-likeness (QED) is 0.256. The van der Waals surface area contributed by atoms with Crippen LogP contribution in [-0.2, 0) is 21.9 Å². The Morgan fingerprint density at radius 1 is 1.12 bits per heavy atom. The second-order valence-corrected chi connectivity index (χ2v) is 8.98. The number of rotatable bonds is 13. The van der Waals surface area contributed by atoms with E-state index in [1.54, 1.807) is 17.0 Å². The Morgan fingerprint density at radius 2 is 1.85 bits per heavy atom. The minimum absolute atomic E-state index is 0.0454. The van der Waals surface area contributed by atoms with Crippen LogP contribution in [0.15, 0.2) is 48.5 Å². The van der Waals surface area contributed by atoms with Gasteiger partial charge in [0.25, 0.3) is 5.69 Å². The van der Waals surface area contributed by atoms with Gasteiger partial charge in [-0.15, -0.1) is 11.8 Å². The number of nitro groups is 1. The molecular formula is C25H33N3O4S. The van der Waals surface area contributed by atoms with Gasteiger partial charge in [0.1, 0.15) is 6.04 Å². The molecule has 0 radical (unpaired) electrons. The van der Waals surface area contributed by atoms with Gasteiger partial charge in [-0.05, 0) is 30.9 Å². The van der Waals surface area contributed by atoms with Crippen molar-refractivity contribution in [3.63, 3.8) is 0 Å². The Kier molecular flexibility index (Phi) is 10.9. The van der Waals surface area contributed by atoms with E-state index < -0.39 is 11.0 Å². The highest BCUT2D eigenvalue weighted by molar-refractivity contribution is 7.99. The van der Waals surface area contributed by atoms with Crippen LogP contribution in [0, 0.1) is 17.0 Å². The van der Waals surface area contributed by atoms with Gasteiger partial charge in [0.05, 0.1) is 10.7 Å². The first-order valence-corrected chi connectivity index (χ1v) is 12.4. The fourth-order valence-corrected chi connectivity index (χ4v) is 4.36. The van der Waals surface area contributed by atoms with E-state index in [-0.39, 0.29) is 23.3 Å². The number of benzene rings is 2. The lowest BCUT2D eigenvalue weighted by molar-refractivity contribution is -0.384. The molecule has 0 aliphatic carbocycles. The summed E-state index contributed by atoms with van der Waals surface area (Å²) in [5.74, 6) is 0.566. The number of hydrogen-bond donors (Lipinski definition) is 1. The van der Waals surface area contributed by atoms with Gasteiger partial charge in [0, 0.05) is 31.0 Å². The molecule has 2 aromatic carbocycles. The van der Waals surface area contributed by atoms with Crippen molar-refractivity contribution >= 4 is 29.3 Å². The molecule has 0 saturated carbocycles. The van der Waals surface area contributed by atoms with Crippen molar-refractivity contribution in [1.82, 2.24) is 10.2 Å². The molecule has 1 atom stereocenters. The maximum Gasteiger partial charge on any atom is 0.269 e. The Hall–Kier alpha value is -2.87. The first kappa shape index (κ1) is 26.4. The molecule has 2 rings (SSSR count). The van der Waals surface area contributed by atoms with E-state index in [1.807, 2.05) is 38.1 Å². The van der Waals surface area contributed by atoms with Crippen molar-refractivity contribution in [2.24, 2.45) is 0 Å². The number of carbonyl (C=O) groups is 2. The van der Waals surface area contributed by atoms with Gasteiger partial charge in [-0.3, -0.25) is 19.7 Å².